The molecule has 0 aliphatic heterocycles. The van der Waals surface area contributed by atoms with E-state index in [-0.39, 0.29) is 11.2 Å². The fourth-order valence-corrected chi connectivity index (χ4v) is 4.01. The van der Waals surface area contributed by atoms with Gasteiger partial charge in [0, 0.05) is 36.0 Å². The van der Waals surface area contributed by atoms with Crippen molar-refractivity contribution < 1.29 is 0 Å². The molecule has 0 saturated heterocycles. The lowest BCUT2D eigenvalue weighted by Gasteiger charge is -2.13. The largest absolute Gasteiger partial charge is 0.330 e. The lowest BCUT2D eigenvalue weighted by atomic mass is 10.1. The molecule has 4 aromatic rings. The van der Waals surface area contributed by atoms with Crippen molar-refractivity contribution in [3.05, 3.63) is 85.1 Å². The van der Waals surface area contributed by atoms with Gasteiger partial charge in [-0.2, -0.15) is 0 Å². The van der Waals surface area contributed by atoms with Crippen LogP contribution in [0.4, 0.5) is 0 Å². The SMILES string of the molecule is Cc1ccc(-n2cc3c(c2-c2ccccc2Br)c(=O)n(C)c(=O)n3C)cc1C. The number of fused-ring (bicyclic) bond motifs is 1. The lowest BCUT2D eigenvalue weighted by molar-refractivity contribution is 0.714. The van der Waals surface area contributed by atoms with Crippen molar-refractivity contribution in [2.75, 3.05) is 0 Å². The van der Waals surface area contributed by atoms with Crippen molar-refractivity contribution in [2.24, 2.45) is 14.1 Å². The van der Waals surface area contributed by atoms with Crippen molar-refractivity contribution >= 4 is 26.8 Å². The zero-order valence-electron chi connectivity index (χ0n) is 16.2. The van der Waals surface area contributed by atoms with Crippen LogP contribution in [0, 0.1) is 13.8 Å². The summed E-state index contributed by atoms with van der Waals surface area (Å²) in [5.41, 5.74) is 4.94. The Morgan fingerprint density at radius 3 is 2.29 bits per heavy atom. The van der Waals surface area contributed by atoms with Crippen molar-refractivity contribution in [3.8, 4) is 16.9 Å². The molecule has 0 spiro atoms. The molecule has 2 aromatic carbocycles. The van der Waals surface area contributed by atoms with Gasteiger partial charge in [-0.3, -0.25) is 13.9 Å². The molecule has 0 aliphatic carbocycles. The van der Waals surface area contributed by atoms with Crippen LogP contribution < -0.4 is 11.2 Å². The highest BCUT2D eigenvalue weighted by Gasteiger charge is 2.21. The Labute approximate surface area is 170 Å². The molecule has 6 heteroatoms. The van der Waals surface area contributed by atoms with Gasteiger partial charge in [0.25, 0.3) is 5.56 Å². The van der Waals surface area contributed by atoms with E-state index in [4.69, 9.17) is 0 Å². The first-order valence-electron chi connectivity index (χ1n) is 8.95. The third-order valence-corrected chi connectivity index (χ3v) is 6.03. The Bertz CT molecular complexity index is 1360. The Balaban J connectivity index is 2.23. The van der Waals surface area contributed by atoms with Crippen LogP contribution in [0.3, 0.4) is 0 Å². The number of halogens is 1. The minimum atomic E-state index is -0.339. The number of hydrogen-bond donors (Lipinski definition) is 0. The molecular formula is C22H20BrN3O2. The molecule has 0 atom stereocenters. The summed E-state index contributed by atoms with van der Waals surface area (Å²) in [7, 11) is 3.21. The summed E-state index contributed by atoms with van der Waals surface area (Å²) in [5.74, 6) is 0. The normalized spacial score (nSPS) is 11.3. The van der Waals surface area contributed by atoms with Gasteiger partial charge in [0.1, 0.15) is 0 Å². The number of rotatable bonds is 2. The molecular weight excluding hydrogens is 418 g/mol. The average Bonchev–Trinajstić information content (AvgIpc) is 3.07. The predicted molar refractivity (Wildman–Crippen MR) is 116 cm³/mol. The van der Waals surface area contributed by atoms with Gasteiger partial charge < -0.3 is 4.57 Å². The molecule has 0 unspecified atom stereocenters. The lowest BCUT2D eigenvalue weighted by Crippen LogP contribution is -2.36. The fourth-order valence-electron chi connectivity index (χ4n) is 3.54. The Morgan fingerprint density at radius 2 is 1.61 bits per heavy atom. The smallest absolute Gasteiger partial charge is 0.314 e. The number of benzene rings is 2. The third-order valence-electron chi connectivity index (χ3n) is 5.34. The average molecular weight is 438 g/mol. The molecule has 5 nitrogen and oxygen atoms in total. The van der Waals surface area contributed by atoms with Crippen LogP contribution >= 0.6 is 15.9 Å². The molecule has 0 aliphatic rings. The van der Waals surface area contributed by atoms with E-state index in [1.807, 2.05) is 41.1 Å². The highest BCUT2D eigenvalue weighted by atomic mass is 79.9. The molecule has 0 amide bonds. The van der Waals surface area contributed by atoms with E-state index in [9.17, 15) is 9.59 Å². The minimum absolute atomic E-state index is 0.300. The number of nitrogens with zero attached hydrogens (tertiary/aromatic N) is 3. The molecule has 4 rings (SSSR count). The van der Waals surface area contributed by atoms with Crippen LogP contribution in [-0.2, 0) is 14.1 Å². The van der Waals surface area contributed by atoms with Crippen LogP contribution in [-0.4, -0.2) is 13.7 Å². The van der Waals surface area contributed by atoms with Gasteiger partial charge in [0.05, 0.1) is 16.6 Å². The summed E-state index contributed by atoms with van der Waals surface area (Å²) in [6.07, 6.45) is 1.87. The van der Waals surface area contributed by atoms with Gasteiger partial charge in [0.2, 0.25) is 0 Å². The summed E-state index contributed by atoms with van der Waals surface area (Å²) in [5, 5.41) is 0.523. The minimum Gasteiger partial charge on any atom is -0.314 e. The summed E-state index contributed by atoms with van der Waals surface area (Å²) < 4.78 is 5.57. The molecule has 28 heavy (non-hydrogen) atoms. The standard InChI is InChI=1S/C22H20BrN3O2/c1-13-9-10-15(11-14(13)2)26-12-18-19(21(27)25(4)22(28)24(18)3)20(26)16-7-5-6-8-17(16)23/h5-12H,1-4H3. The summed E-state index contributed by atoms with van der Waals surface area (Å²) >= 11 is 3.62. The highest BCUT2D eigenvalue weighted by Crippen LogP contribution is 2.35. The van der Waals surface area contributed by atoms with Gasteiger partial charge in [-0.15, -0.1) is 0 Å². The monoisotopic (exact) mass is 437 g/mol. The third kappa shape index (κ3) is 2.67. The first-order chi connectivity index (χ1) is 13.3. The van der Waals surface area contributed by atoms with Gasteiger partial charge in [-0.05, 0) is 43.2 Å². The van der Waals surface area contributed by atoms with Gasteiger partial charge in [-0.1, -0.05) is 40.2 Å². The van der Waals surface area contributed by atoms with Crippen LogP contribution in [0.2, 0.25) is 0 Å². The summed E-state index contributed by atoms with van der Waals surface area (Å²) in [4.78, 5) is 25.6. The molecule has 0 fully saturated rings. The van der Waals surface area contributed by atoms with E-state index in [0.717, 1.165) is 31.5 Å². The van der Waals surface area contributed by atoms with Crippen molar-refractivity contribution in [1.29, 1.82) is 0 Å². The van der Waals surface area contributed by atoms with E-state index in [1.165, 1.54) is 17.2 Å². The van der Waals surface area contributed by atoms with Crippen LogP contribution in [0.15, 0.2) is 62.7 Å². The van der Waals surface area contributed by atoms with E-state index in [0.29, 0.717) is 10.9 Å². The Morgan fingerprint density at radius 1 is 0.893 bits per heavy atom. The molecule has 0 N–H and O–H groups in total. The predicted octanol–water partition coefficient (Wildman–Crippen LogP) is 4.07. The van der Waals surface area contributed by atoms with Crippen LogP contribution in [0.5, 0.6) is 0 Å². The van der Waals surface area contributed by atoms with E-state index >= 15 is 0 Å². The second kappa shape index (κ2) is 6.63. The molecule has 142 valence electrons. The second-order valence-electron chi connectivity index (χ2n) is 7.06. The topological polar surface area (TPSA) is 48.9 Å². The Hall–Kier alpha value is -2.86. The summed E-state index contributed by atoms with van der Waals surface area (Å²) in [6, 6.07) is 14.0. The summed E-state index contributed by atoms with van der Waals surface area (Å²) in [6.45, 7) is 4.13. The number of aryl methyl sites for hydroxylation is 3. The molecule has 0 radical (unpaired) electrons. The second-order valence-corrected chi connectivity index (χ2v) is 7.92. The van der Waals surface area contributed by atoms with Gasteiger partial charge >= 0.3 is 5.69 Å². The van der Waals surface area contributed by atoms with Gasteiger partial charge in [-0.25, -0.2) is 4.79 Å². The zero-order chi connectivity index (χ0) is 20.2. The molecule has 2 aromatic heterocycles. The van der Waals surface area contributed by atoms with Crippen LogP contribution in [0.25, 0.3) is 27.8 Å². The quantitative estimate of drug-likeness (QED) is 0.474. The van der Waals surface area contributed by atoms with Gasteiger partial charge in [0.15, 0.2) is 0 Å². The first-order valence-corrected chi connectivity index (χ1v) is 9.74. The highest BCUT2D eigenvalue weighted by molar-refractivity contribution is 9.10. The molecule has 0 saturated carbocycles. The van der Waals surface area contributed by atoms with E-state index in [1.54, 1.807) is 7.05 Å². The fraction of sp³-hybridized carbons (Fsp3) is 0.182. The zero-order valence-corrected chi connectivity index (χ0v) is 17.7. The maximum atomic E-state index is 13.1. The van der Waals surface area contributed by atoms with Crippen molar-refractivity contribution in [3.63, 3.8) is 0 Å². The first kappa shape index (κ1) is 18.5. The van der Waals surface area contributed by atoms with E-state index < -0.39 is 0 Å². The number of hydrogen-bond acceptors (Lipinski definition) is 2. The number of aromatic nitrogens is 3. The molecule has 2 heterocycles. The van der Waals surface area contributed by atoms with E-state index in [2.05, 4.69) is 41.9 Å². The van der Waals surface area contributed by atoms with Crippen LogP contribution in [0.1, 0.15) is 11.1 Å². The Kier molecular flexibility index (Phi) is 4.38. The van der Waals surface area contributed by atoms with Crippen molar-refractivity contribution in [1.82, 2.24) is 13.7 Å². The van der Waals surface area contributed by atoms with Crippen molar-refractivity contribution in [2.45, 2.75) is 13.8 Å². The maximum Gasteiger partial charge on any atom is 0.330 e. The molecule has 0 bridgehead atoms. The maximum absolute atomic E-state index is 13.1.